The van der Waals surface area contributed by atoms with Gasteiger partial charge in [-0.3, -0.25) is 10.1 Å². The second-order valence-corrected chi connectivity index (χ2v) is 7.57. The minimum absolute atomic E-state index is 0.131. The van der Waals surface area contributed by atoms with Crippen molar-refractivity contribution >= 4 is 28.1 Å². The van der Waals surface area contributed by atoms with Crippen LogP contribution in [0.1, 0.15) is 31.2 Å². The Hall–Kier alpha value is -2.99. The Morgan fingerprint density at radius 2 is 1.89 bits per heavy atom. The van der Waals surface area contributed by atoms with Gasteiger partial charge in [-0.2, -0.15) is 0 Å². The van der Waals surface area contributed by atoms with Gasteiger partial charge in [0.15, 0.2) is 0 Å². The number of benzene rings is 2. The molecule has 0 saturated carbocycles. The van der Waals surface area contributed by atoms with Gasteiger partial charge in [0.1, 0.15) is 5.82 Å². The van der Waals surface area contributed by atoms with E-state index in [-0.39, 0.29) is 10.6 Å². The van der Waals surface area contributed by atoms with Gasteiger partial charge < -0.3 is 4.57 Å². The van der Waals surface area contributed by atoms with Crippen LogP contribution < -0.4 is 0 Å². The summed E-state index contributed by atoms with van der Waals surface area (Å²) in [6.07, 6.45) is 3.24. The number of fused-ring (bicyclic) bond motifs is 1. The third-order valence-electron chi connectivity index (χ3n) is 4.93. The Morgan fingerprint density at radius 3 is 2.64 bits per heavy atom. The van der Waals surface area contributed by atoms with Crippen LogP contribution in [0.2, 0.25) is 0 Å². The molecule has 28 heavy (non-hydrogen) atoms. The molecule has 0 bridgehead atoms. The van der Waals surface area contributed by atoms with Crippen molar-refractivity contribution in [3.63, 3.8) is 0 Å². The highest BCUT2D eigenvalue weighted by molar-refractivity contribution is 7.09. The average Bonchev–Trinajstić information content (AvgIpc) is 3.29. The number of aromatic nitrogens is 2. The molecule has 4 aromatic rings. The van der Waals surface area contributed by atoms with Crippen molar-refractivity contribution in [2.75, 3.05) is 0 Å². The molecule has 0 saturated heterocycles. The molecule has 2 aromatic heterocycles. The zero-order valence-electron chi connectivity index (χ0n) is 15.7. The van der Waals surface area contributed by atoms with Crippen molar-refractivity contribution in [1.82, 2.24) is 9.55 Å². The predicted molar refractivity (Wildman–Crippen MR) is 114 cm³/mol. The highest BCUT2D eigenvalue weighted by atomic mass is 32.1. The Bertz CT molecular complexity index is 1110. The van der Waals surface area contributed by atoms with Gasteiger partial charge in [0, 0.05) is 29.8 Å². The number of thiophene rings is 1. The molecule has 0 aliphatic carbocycles. The minimum atomic E-state index is -0.331. The third-order valence-corrected chi connectivity index (χ3v) is 5.65. The number of nitro benzene ring substituents is 1. The summed E-state index contributed by atoms with van der Waals surface area (Å²) in [5.74, 6) is 1.13. The van der Waals surface area contributed by atoms with Crippen LogP contribution >= 0.6 is 11.3 Å². The van der Waals surface area contributed by atoms with Crippen LogP contribution in [0, 0.1) is 10.1 Å². The lowest BCUT2D eigenvalue weighted by Gasteiger charge is -2.10. The highest BCUT2D eigenvalue weighted by Crippen LogP contribution is 2.30. The number of hydrogen-bond donors (Lipinski definition) is 0. The molecule has 2 heterocycles. The molecule has 0 aliphatic rings. The normalized spacial score (nSPS) is 11.2. The quantitative estimate of drug-likeness (QED) is 0.284. The van der Waals surface area contributed by atoms with Gasteiger partial charge in [-0.1, -0.05) is 49.7 Å². The minimum Gasteiger partial charge on any atom is -0.323 e. The first-order valence-corrected chi connectivity index (χ1v) is 10.4. The van der Waals surface area contributed by atoms with Gasteiger partial charge in [0.25, 0.3) is 5.69 Å². The molecule has 0 fully saturated rings. The van der Waals surface area contributed by atoms with Gasteiger partial charge in [-0.05, 0) is 23.6 Å². The number of unbranched alkanes of at least 4 members (excludes halogenated alkanes) is 1. The van der Waals surface area contributed by atoms with E-state index >= 15 is 0 Å². The van der Waals surface area contributed by atoms with E-state index in [1.165, 1.54) is 5.52 Å². The monoisotopic (exact) mass is 391 g/mol. The number of nitro groups is 1. The first-order chi connectivity index (χ1) is 13.7. The van der Waals surface area contributed by atoms with Crippen molar-refractivity contribution in [2.45, 2.75) is 32.7 Å². The largest absolute Gasteiger partial charge is 0.323 e. The molecule has 0 unspecified atom stereocenters. The lowest BCUT2D eigenvalue weighted by atomic mass is 10.0. The number of hydrogen-bond acceptors (Lipinski definition) is 4. The van der Waals surface area contributed by atoms with Crippen LogP contribution in [0.25, 0.3) is 22.2 Å². The summed E-state index contributed by atoms with van der Waals surface area (Å²) in [5.41, 5.74) is 5.03. The third kappa shape index (κ3) is 3.55. The van der Waals surface area contributed by atoms with Crippen LogP contribution in [0.5, 0.6) is 0 Å². The number of nitrogens with zero attached hydrogens (tertiary/aromatic N) is 3. The number of imidazole rings is 1. The summed E-state index contributed by atoms with van der Waals surface area (Å²) in [5, 5.41) is 15.5. The Morgan fingerprint density at radius 1 is 1.11 bits per heavy atom. The van der Waals surface area contributed by atoms with Crippen molar-refractivity contribution in [2.24, 2.45) is 0 Å². The van der Waals surface area contributed by atoms with Crippen LogP contribution in [-0.2, 0) is 13.0 Å². The number of aryl methyl sites for hydroxylation is 1. The van der Waals surface area contributed by atoms with Gasteiger partial charge in [0.05, 0.1) is 21.5 Å². The van der Waals surface area contributed by atoms with E-state index in [9.17, 15) is 10.1 Å². The molecule has 142 valence electrons. The van der Waals surface area contributed by atoms with Crippen LogP contribution in [0.4, 0.5) is 5.69 Å². The fourth-order valence-electron chi connectivity index (χ4n) is 3.46. The molecule has 6 heteroatoms. The Kier molecular flexibility index (Phi) is 5.21. The van der Waals surface area contributed by atoms with E-state index < -0.39 is 0 Å². The van der Waals surface area contributed by atoms with E-state index in [1.807, 2.05) is 30.3 Å². The Balaban J connectivity index is 1.63. The second-order valence-electron chi connectivity index (χ2n) is 6.83. The van der Waals surface area contributed by atoms with Gasteiger partial charge in [-0.15, -0.1) is 11.3 Å². The highest BCUT2D eigenvalue weighted by Gasteiger charge is 2.15. The van der Waals surface area contributed by atoms with Crippen LogP contribution in [0.15, 0.2) is 59.3 Å². The summed E-state index contributed by atoms with van der Waals surface area (Å²) in [6, 6.07) is 14.9. The SMILES string of the molecule is CCCCc1nc2cscc2n1Cc1ccc(-c2ccccc2[N+](=O)[O-])cc1. The van der Waals surface area contributed by atoms with E-state index in [1.54, 1.807) is 29.5 Å². The standard InChI is InChI=1S/C22H21N3O2S/c1-2-3-8-22-23-19-14-28-15-21(19)24(22)13-16-9-11-17(12-10-16)18-6-4-5-7-20(18)25(26)27/h4-7,9-12,14-15H,2-3,8,13H2,1H3. The molecule has 4 rings (SSSR count). The number of rotatable bonds is 7. The Labute approximate surface area is 167 Å². The predicted octanol–water partition coefficient (Wildman–Crippen LogP) is 6.06. The first-order valence-electron chi connectivity index (χ1n) is 9.41. The maximum atomic E-state index is 11.3. The summed E-state index contributed by atoms with van der Waals surface area (Å²) < 4.78 is 2.29. The zero-order chi connectivity index (χ0) is 19.5. The average molecular weight is 391 g/mol. The fraction of sp³-hybridized carbons (Fsp3) is 0.227. The van der Waals surface area contributed by atoms with E-state index in [4.69, 9.17) is 4.98 Å². The summed E-state index contributed by atoms with van der Waals surface area (Å²) in [7, 11) is 0. The maximum Gasteiger partial charge on any atom is 0.277 e. The van der Waals surface area contributed by atoms with Gasteiger partial charge >= 0.3 is 0 Å². The summed E-state index contributed by atoms with van der Waals surface area (Å²) in [6.45, 7) is 2.94. The molecular weight excluding hydrogens is 370 g/mol. The van der Waals surface area contributed by atoms with Gasteiger partial charge in [0.2, 0.25) is 0 Å². The topological polar surface area (TPSA) is 61.0 Å². The van der Waals surface area contributed by atoms with Crippen molar-refractivity contribution in [3.8, 4) is 11.1 Å². The summed E-state index contributed by atoms with van der Waals surface area (Å²) in [4.78, 5) is 15.8. The number of para-hydroxylation sites is 1. The van der Waals surface area contributed by atoms with E-state index in [2.05, 4.69) is 22.3 Å². The molecule has 2 aromatic carbocycles. The van der Waals surface area contributed by atoms with E-state index in [0.29, 0.717) is 5.56 Å². The molecule has 0 amide bonds. The van der Waals surface area contributed by atoms with Crippen molar-refractivity contribution in [1.29, 1.82) is 0 Å². The van der Waals surface area contributed by atoms with Crippen molar-refractivity contribution in [3.05, 3.63) is 80.8 Å². The fourth-order valence-corrected chi connectivity index (χ4v) is 4.21. The van der Waals surface area contributed by atoms with Crippen molar-refractivity contribution < 1.29 is 4.92 Å². The smallest absolute Gasteiger partial charge is 0.277 e. The molecule has 0 spiro atoms. The molecular formula is C22H21N3O2S. The van der Waals surface area contributed by atoms with Crippen LogP contribution in [0.3, 0.4) is 0 Å². The lowest BCUT2D eigenvalue weighted by molar-refractivity contribution is -0.384. The zero-order valence-corrected chi connectivity index (χ0v) is 16.5. The lowest BCUT2D eigenvalue weighted by Crippen LogP contribution is -2.05. The first kappa shape index (κ1) is 18.4. The summed E-state index contributed by atoms with van der Waals surface area (Å²) >= 11 is 1.67. The molecule has 0 radical (unpaired) electrons. The molecule has 5 nitrogen and oxygen atoms in total. The van der Waals surface area contributed by atoms with E-state index in [0.717, 1.165) is 48.3 Å². The molecule has 0 aliphatic heterocycles. The molecule has 0 atom stereocenters. The van der Waals surface area contributed by atoms with Crippen LogP contribution in [-0.4, -0.2) is 14.5 Å². The maximum absolute atomic E-state index is 11.3. The van der Waals surface area contributed by atoms with Gasteiger partial charge in [-0.25, -0.2) is 4.98 Å². The second kappa shape index (κ2) is 7.94. The molecule has 0 N–H and O–H groups in total.